The lowest BCUT2D eigenvalue weighted by molar-refractivity contribution is 0.453. The Bertz CT molecular complexity index is 916. The Morgan fingerprint density at radius 2 is 2.12 bits per heavy atom. The summed E-state index contributed by atoms with van der Waals surface area (Å²) in [6, 6.07) is 8.14. The van der Waals surface area contributed by atoms with Crippen LogP contribution in [0.2, 0.25) is 0 Å². The molecule has 0 saturated heterocycles. The van der Waals surface area contributed by atoms with Crippen LogP contribution in [0.4, 0.5) is 5.69 Å². The molecule has 1 aromatic heterocycles. The van der Waals surface area contributed by atoms with E-state index in [1.807, 2.05) is 25.1 Å². The Labute approximate surface area is 142 Å². The zero-order valence-electron chi connectivity index (χ0n) is 13.9. The number of anilines is 1. The van der Waals surface area contributed by atoms with Crippen LogP contribution >= 0.6 is 0 Å². The number of nitrogens with one attached hydrogen (secondary N) is 1. The van der Waals surface area contributed by atoms with E-state index < -0.39 is 9.84 Å². The van der Waals surface area contributed by atoms with E-state index in [-0.39, 0.29) is 11.3 Å². The first-order chi connectivity index (χ1) is 11.4. The molecule has 6 heteroatoms. The van der Waals surface area contributed by atoms with E-state index >= 15 is 0 Å². The summed E-state index contributed by atoms with van der Waals surface area (Å²) in [4.78, 5) is 4.40. The van der Waals surface area contributed by atoms with Gasteiger partial charge in [-0.25, -0.2) is 8.42 Å². The molecule has 2 aromatic rings. The quantitative estimate of drug-likeness (QED) is 0.925. The van der Waals surface area contributed by atoms with Gasteiger partial charge in [0, 0.05) is 23.9 Å². The third-order valence-corrected chi connectivity index (χ3v) is 6.44. The molecule has 1 N–H and O–H groups in total. The van der Waals surface area contributed by atoms with Crippen LogP contribution in [0.3, 0.4) is 0 Å². The first-order valence-corrected chi connectivity index (χ1v) is 10.1. The predicted molar refractivity (Wildman–Crippen MR) is 95.7 cm³/mol. The normalized spacial score (nSPS) is 21.4. The molecule has 0 amide bonds. The highest BCUT2D eigenvalue weighted by Crippen LogP contribution is 2.32. The number of aryl methyl sites for hydroxylation is 1. The zero-order chi connectivity index (χ0) is 17.3. The number of hydrogen-bond donors (Lipinski definition) is 1. The maximum atomic E-state index is 11.9. The van der Waals surface area contributed by atoms with E-state index in [4.69, 9.17) is 0 Å². The summed E-state index contributed by atoms with van der Waals surface area (Å²) in [5, 5.41) is 13.5. The maximum Gasteiger partial charge on any atom is 0.150 e. The molecule has 2 atom stereocenters. The summed E-state index contributed by atoms with van der Waals surface area (Å²) < 4.78 is 23.7. The fourth-order valence-corrected chi connectivity index (χ4v) is 4.66. The van der Waals surface area contributed by atoms with Crippen molar-refractivity contribution in [1.29, 1.82) is 5.26 Å². The standard InChI is InChI=1S/C18H21N3O2S/c1-12-5-3-8-16-17(12)20-11-13(10-19)18(16)21-14-6-4-7-15(9-14)24(2,22)23/h3,5,8,11,14-15H,4,6-7,9H2,1-2H3,(H,20,21)/t14-,15+/m0/s1. The third-order valence-electron chi connectivity index (χ3n) is 4.80. The number of nitriles is 1. The van der Waals surface area contributed by atoms with Crippen molar-refractivity contribution < 1.29 is 8.42 Å². The summed E-state index contributed by atoms with van der Waals surface area (Å²) in [5.74, 6) is 0. The van der Waals surface area contributed by atoms with Gasteiger partial charge in [-0.05, 0) is 31.7 Å². The lowest BCUT2D eigenvalue weighted by atomic mass is 9.94. The summed E-state index contributed by atoms with van der Waals surface area (Å²) in [6.07, 6.45) is 5.99. The van der Waals surface area contributed by atoms with Crippen molar-refractivity contribution in [2.24, 2.45) is 0 Å². The van der Waals surface area contributed by atoms with Crippen molar-refractivity contribution in [2.45, 2.75) is 43.9 Å². The van der Waals surface area contributed by atoms with Gasteiger partial charge in [0.05, 0.1) is 22.0 Å². The van der Waals surface area contributed by atoms with Crippen molar-refractivity contribution in [2.75, 3.05) is 11.6 Å². The molecule has 126 valence electrons. The van der Waals surface area contributed by atoms with Crippen molar-refractivity contribution >= 4 is 26.4 Å². The van der Waals surface area contributed by atoms with E-state index in [1.54, 1.807) is 6.20 Å². The predicted octanol–water partition coefficient (Wildman–Crippen LogP) is 3.18. The van der Waals surface area contributed by atoms with Gasteiger partial charge in [0.25, 0.3) is 0 Å². The van der Waals surface area contributed by atoms with E-state index in [0.29, 0.717) is 12.0 Å². The van der Waals surface area contributed by atoms with Crippen LogP contribution in [-0.4, -0.2) is 30.9 Å². The van der Waals surface area contributed by atoms with Gasteiger partial charge < -0.3 is 5.32 Å². The van der Waals surface area contributed by atoms with E-state index in [2.05, 4.69) is 16.4 Å². The van der Waals surface area contributed by atoms with Crippen LogP contribution in [-0.2, 0) is 9.84 Å². The van der Waals surface area contributed by atoms with Gasteiger partial charge in [0.1, 0.15) is 15.9 Å². The number of rotatable bonds is 3. The van der Waals surface area contributed by atoms with Gasteiger partial charge >= 0.3 is 0 Å². The molecule has 1 aliphatic rings. The third kappa shape index (κ3) is 3.22. The van der Waals surface area contributed by atoms with Crippen molar-refractivity contribution in [3.8, 4) is 6.07 Å². The molecule has 24 heavy (non-hydrogen) atoms. The average molecular weight is 343 g/mol. The van der Waals surface area contributed by atoms with Gasteiger partial charge in [0.15, 0.2) is 0 Å². The minimum atomic E-state index is -3.03. The number of nitrogens with zero attached hydrogens (tertiary/aromatic N) is 2. The van der Waals surface area contributed by atoms with E-state index in [9.17, 15) is 13.7 Å². The number of aromatic nitrogens is 1. The SMILES string of the molecule is Cc1cccc2c(N[C@H]3CCC[C@@H](S(C)(=O)=O)C3)c(C#N)cnc12. The van der Waals surface area contributed by atoms with Crippen LogP contribution in [0, 0.1) is 18.3 Å². The Morgan fingerprint density at radius 3 is 2.83 bits per heavy atom. The Morgan fingerprint density at radius 1 is 1.33 bits per heavy atom. The summed E-state index contributed by atoms with van der Waals surface area (Å²) in [6.45, 7) is 1.99. The second kappa shape index (κ2) is 6.40. The molecule has 1 heterocycles. The zero-order valence-corrected chi connectivity index (χ0v) is 14.7. The van der Waals surface area contributed by atoms with Crippen molar-refractivity contribution in [1.82, 2.24) is 4.98 Å². The number of para-hydroxylation sites is 1. The van der Waals surface area contributed by atoms with Gasteiger partial charge in [-0.2, -0.15) is 5.26 Å². The van der Waals surface area contributed by atoms with Crippen LogP contribution in [0.15, 0.2) is 24.4 Å². The largest absolute Gasteiger partial charge is 0.381 e. The highest BCUT2D eigenvalue weighted by atomic mass is 32.2. The van der Waals surface area contributed by atoms with E-state index in [0.717, 1.165) is 41.4 Å². The highest BCUT2D eigenvalue weighted by molar-refractivity contribution is 7.91. The number of pyridine rings is 1. The highest BCUT2D eigenvalue weighted by Gasteiger charge is 2.29. The molecule has 0 unspecified atom stereocenters. The topological polar surface area (TPSA) is 82.9 Å². The fourth-order valence-electron chi connectivity index (χ4n) is 3.48. The van der Waals surface area contributed by atoms with Gasteiger partial charge in [-0.15, -0.1) is 0 Å². The minimum absolute atomic E-state index is 0.0525. The number of fused-ring (bicyclic) bond motifs is 1. The minimum Gasteiger partial charge on any atom is -0.381 e. The number of sulfone groups is 1. The molecule has 0 spiro atoms. The molecule has 0 bridgehead atoms. The maximum absolute atomic E-state index is 11.9. The average Bonchev–Trinajstić information content (AvgIpc) is 2.55. The monoisotopic (exact) mass is 343 g/mol. The van der Waals surface area contributed by atoms with Crippen molar-refractivity contribution in [3.63, 3.8) is 0 Å². The van der Waals surface area contributed by atoms with Gasteiger partial charge in [0.2, 0.25) is 0 Å². The van der Waals surface area contributed by atoms with Crippen LogP contribution in [0.5, 0.6) is 0 Å². The lowest BCUT2D eigenvalue weighted by Crippen LogP contribution is -2.34. The Hall–Kier alpha value is -2.13. The van der Waals surface area contributed by atoms with Crippen molar-refractivity contribution in [3.05, 3.63) is 35.5 Å². The van der Waals surface area contributed by atoms with Crippen LogP contribution in [0.25, 0.3) is 10.9 Å². The summed E-state index contributed by atoms with van der Waals surface area (Å²) >= 11 is 0. The molecule has 1 saturated carbocycles. The summed E-state index contributed by atoms with van der Waals surface area (Å²) in [5.41, 5.74) is 3.19. The molecule has 0 radical (unpaired) electrons. The Kier molecular flexibility index (Phi) is 4.46. The van der Waals surface area contributed by atoms with Gasteiger partial charge in [-0.1, -0.05) is 24.6 Å². The molecule has 1 fully saturated rings. The van der Waals surface area contributed by atoms with E-state index in [1.165, 1.54) is 6.26 Å². The Balaban J connectivity index is 1.98. The first-order valence-electron chi connectivity index (χ1n) is 8.14. The number of hydrogen-bond acceptors (Lipinski definition) is 5. The molecule has 1 aliphatic carbocycles. The fraction of sp³-hybridized carbons (Fsp3) is 0.444. The summed E-state index contributed by atoms with van der Waals surface area (Å²) in [7, 11) is -3.03. The second-order valence-corrected chi connectivity index (χ2v) is 8.91. The molecule has 5 nitrogen and oxygen atoms in total. The molecular weight excluding hydrogens is 322 g/mol. The van der Waals surface area contributed by atoms with Crippen LogP contribution < -0.4 is 5.32 Å². The lowest BCUT2D eigenvalue weighted by Gasteiger charge is -2.30. The second-order valence-electron chi connectivity index (χ2n) is 6.59. The first kappa shape index (κ1) is 16.7. The van der Waals surface area contributed by atoms with Gasteiger partial charge in [-0.3, -0.25) is 4.98 Å². The molecule has 0 aliphatic heterocycles. The number of benzene rings is 1. The van der Waals surface area contributed by atoms with Crippen LogP contribution in [0.1, 0.15) is 36.8 Å². The molecule has 3 rings (SSSR count). The molecular formula is C18H21N3O2S. The smallest absolute Gasteiger partial charge is 0.150 e. The molecule has 1 aromatic carbocycles.